The van der Waals surface area contributed by atoms with Crippen molar-refractivity contribution >= 4 is 11.8 Å². The molecular weight excluding hydrogens is 342 g/mol. The quantitative estimate of drug-likeness (QED) is 0.878. The van der Waals surface area contributed by atoms with Gasteiger partial charge >= 0.3 is 0 Å². The van der Waals surface area contributed by atoms with Crippen LogP contribution in [0.3, 0.4) is 0 Å². The molecule has 2 heterocycles. The van der Waals surface area contributed by atoms with E-state index >= 15 is 0 Å². The molecular formula is C21H25N3O3. The van der Waals surface area contributed by atoms with E-state index in [1.165, 1.54) is 0 Å². The van der Waals surface area contributed by atoms with E-state index in [1.54, 1.807) is 24.3 Å². The van der Waals surface area contributed by atoms with Gasteiger partial charge in [0, 0.05) is 44.4 Å². The molecule has 6 heteroatoms. The Labute approximate surface area is 159 Å². The minimum atomic E-state index is -1.10. The Kier molecular flexibility index (Phi) is 5.86. The second-order valence-corrected chi connectivity index (χ2v) is 6.67. The van der Waals surface area contributed by atoms with E-state index < -0.39 is 5.60 Å². The van der Waals surface area contributed by atoms with Crippen molar-refractivity contribution in [3.05, 3.63) is 54.4 Å². The molecule has 2 aromatic rings. The van der Waals surface area contributed by atoms with Gasteiger partial charge in [0.1, 0.15) is 0 Å². The number of nitrogens with zero attached hydrogens (tertiary/aromatic N) is 2. The van der Waals surface area contributed by atoms with Gasteiger partial charge in [-0.2, -0.15) is 0 Å². The number of morpholine rings is 1. The lowest BCUT2D eigenvalue weighted by Gasteiger charge is -2.41. The fraction of sp³-hybridized carbons (Fsp3) is 0.381. The second kappa shape index (κ2) is 8.31. The maximum absolute atomic E-state index is 12.8. The first-order valence-corrected chi connectivity index (χ1v) is 9.22. The van der Waals surface area contributed by atoms with Gasteiger partial charge in [-0.05, 0) is 17.2 Å². The van der Waals surface area contributed by atoms with Crippen molar-refractivity contribution in [1.82, 2.24) is 15.2 Å². The Morgan fingerprint density at radius 3 is 2.78 bits per heavy atom. The number of ether oxygens (including phenoxy) is 1. The summed E-state index contributed by atoms with van der Waals surface area (Å²) in [7, 11) is 1.60. The Balaban J connectivity index is 1.97. The van der Waals surface area contributed by atoms with Crippen LogP contribution in [0.25, 0.3) is 11.1 Å². The first kappa shape index (κ1) is 19.0. The highest BCUT2D eigenvalue weighted by Crippen LogP contribution is 2.30. The van der Waals surface area contributed by atoms with Crippen molar-refractivity contribution in [3.63, 3.8) is 0 Å². The molecule has 0 bridgehead atoms. The fourth-order valence-corrected chi connectivity index (χ4v) is 3.56. The van der Waals surface area contributed by atoms with Crippen molar-refractivity contribution in [2.45, 2.75) is 25.4 Å². The Bertz CT molecular complexity index is 809. The lowest BCUT2D eigenvalue weighted by Crippen LogP contribution is -2.61. The number of carbonyl (C=O) groups is 2. The number of carbonyl (C=O) groups excluding carboxylic acids is 2. The van der Waals surface area contributed by atoms with Crippen LogP contribution >= 0.6 is 0 Å². The molecule has 27 heavy (non-hydrogen) atoms. The number of likely N-dealkylation sites (N-methyl/N-ethyl adjacent to an activating group) is 1. The van der Waals surface area contributed by atoms with Gasteiger partial charge in [-0.25, -0.2) is 0 Å². The smallest absolute Gasteiger partial charge is 0.254 e. The number of hydrogen-bond donors (Lipinski definition) is 1. The van der Waals surface area contributed by atoms with Gasteiger partial charge in [-0.1, -0.05) is 37.3 Å². The largest absolute Gasteiger partial charge is 0.361 e. The summed E-state index contributed by atoms with van der Waals surface area (Å²) >= 11 is 0. The van der Waals surface area contributed by atoms with Crippen molar-refractivity contribution in [2.75, 3.05) is 26.7 Å². The molecule has 142 valence electrons. The van der Waals surface area contributed by atoms with E-state index in [9.17, 15) is 9.59 Å². The molecule has 2 amide bonds. The zero-order valence-corrected chi connectivity index (χ0v) is 15.8. The molecule has 1 fully saturated rings. The van der Waals surface area contributed by atoms with Gasteiger partial charge in [0.25, 0.3) is 5.91 Å². The van der Waals surface area contributed by atoms with Crippen molar-refractivity contribution in [3.8, 4) is 11.1 Å². The number of hydrogen-bond acceptors (Lipinski definition) is 4. The molecule has 1 aromatic heterocycles. The Hall–Kier alpha value is -2.73. The molecule has 1 saturated heterocycles. The monoisotopic (exact) mass is 367 g/mol. The third-order valence-corrected chi connectivity index (χ3v) is 4.95. The van der Waals surface area contributed by atoms with E-state index in [4.69, 9.17) is 4.74 Å². The summed E-state index contributed by atoms with van der Waals surface area (Å²) in [6.07, 6.45) is 4.33. The van der Waals surface area contributed by atoms with Gasteiger partial charge in [-0.15, -0.1) is 0 Å². The molecule has 1 unspecified atom stereocenters. The van der Waals surface area contributed by atoms with Gasteiger partial charge in [-0.3, -0.25) is 14.6 Å². The maximum Gasteiger partial charge on any atom is 0.254 e. The molecule has 1 aliphatic heterocycles. The van der Waals surface area contributed by atoms with Gasteiger partial charge in [0.15, 0.2) is 5.60 Å². The number of pyridine rings is 1. The average molecular weight is 367 g/mol. The first-order chi connectivity index (χ1) is 13.1. The van der Waals surface area contributed by atoms with Crippen LogP contribution in [-0.4, -0.2) is 54.0 Å². The highest BCUT2D eigenvalue weighted by Gasteiger charge is 2.44. The van der Waals surface area contributed by atoms with Crippen LogP contribution in [0.2, 0.25) is 0 Å². The van der Waals surface area contributed by atoms with Crippen LogP contribution in [0.1, 0.15) is 18.9 Å². The third kappa shape index (κ3) is 4.01. The summed E-state index contributed by atoms with van der Waals surface area (Å²) in [5.74, 6) is -0.177. The molecule has 3 rings (SSSR count). The normalized spacial score (nSPS) is 19.6. The minimum Gasteiger partial charge on any atom is -0.361 e. The SMILES string of the molecule is CCC(=O)N1CCOC(Cc2ccccc2-c2cccnc2)(C(=O)NC)C1. The van der Waals surface area contributed by atoms with Crippen LogP contribution in [0, 0.1) is 0 Å². The number of benzene rings is 1. The Morgan fingerprint density at radius 2 is 2.07 bits per heavy atom. The zero-order chi connectivity index (χ0) is 19.3. The number of rotatable bonds is 5. The maximum atomic E-state index is 12.8. The van der Waals surface area contributed by atoms with Crippen LogP contribution < -0.4 is 5.32 Å². The highest BCUT2D eigenvalue weighted by molar-refractivity contribution is 5.87. The van der Waals surface area contributed by atoms with Crippen LogP contribution in [0.4, 0.5) is 0 Å². The molecule has 1 aliphatic rings. The minimum absolute atomic E-state index is 0.0344. The Morgan fingerprint density at radius 1 is 1.26 bits per heavy atom. The van der Waals surface area contributed by atoms with E-state index in [0.29, 0.717) is 26.0 Å². The molecule has 0 spiro atoms. The van der Waals surface area contributed by atoms with Crippen molar-refractivity contribution < 1.29 is 14.3 Å². The lowest BCUT2D eigenvalue weighted by molar-refractivity contribution is -0.165. The van der Waals surface area contributed by atoms with E-state index in [0.717, 1.165) is 16.7 Å². The van der Waals surface area contributed by atoms with Crippen molar-refractivity contribution in [2.24, 2.45) is 0 Å². The van der Waals surface area contributed by atoms with Crippen LogP contribution in [0.15, 0.2) is 48.8 Å². The summed E-state index contributed by atoms with van der Waals surface area (Å²) in [5, 5.41) is 2.72. The molecule has 1 aromatic carbocycles. The molecule has 1 atom stereocenters. The summed E-state index contributed by atoms with van der Waals surface area (Å²) in [6.45, 7) is 2.93. The highest BCUT2D eigenvalue weighted by atomic mass is 16.5. The number of nitrogens with one attached hydrogen (secondary N) is 1. The first-order valence-electron chi connectivity index (χ1n) is 9.22. The number of amides is 2. The van der Waals surface area contributed by atoms with Gasteiger partial charge in [0.2, 0.25) is 5.91 Å². The van der Waals surface area contributed by atoms with E-state index in [-0.39, 0.29) is 18.4 Å². The predicted molar refractivity (Wildman–Crippen MR) is 103 cm³/mol. The summed E-state index contributed by atoms with van der Waals surface area (Å²) in [6, 6.07) is 11.8. The van der Waals surface area contributed by atoms with E-state index in [2.05, 4.69) is 10.3 Å². The topological polar surface area (TPSA) is 71.5 Å². The molecule has 6 nitrogen and oxygen atoms in total. The lowest BCUT2D eigenvalue weighted by atomic mass is 9.87. The van der Waals surface area contributed by atoms with Gasteiger partial charge in [0.05, 0.1) is 13.2 Å². The van der Waals surface area contributed by atoms with E-state index in [1.807, 2.05) is 43.3 Å². The molecule has 0 saturated carbocycles. The molecule has 1 N–H and O–H groups in total. The van der Waals surface area contributed by atoms with Gasteiger partial charge < -0.3 is 15.0 Å². The molecule has 0 aliphatic carbocycles. The summed E-state index contributed by atoms with van der Waals surface area (Å²) in [5.41, 5.74) is 1.88. The summed E-state index contributed by atoms with van der Waals surface area (Å²) < 4.78 is 6.02. The molecule has 0 radical (unpaired) electrons. The second-order valence-electron chi connectivity index (χ2n) is 6.67. The number of aromatic nitrogens is 1. The summed E-state index contributed by atoms with van der Waals surface area (Å²) in [4.78, 5) is 31.0. The standard InChI is InChI=1S/C21H25N3O3/c1-3-19(25)24-11-12-27-21(15-24,20(26)22-2)13-16-7-4-5-9-18(16)17-8-6-10-23-14-17/h4-10,14H,3,11-13,15H2,1-2H3,(H,22,26). The third-order valence-electron chi connectivity index (χ3n) is 4.95. The zero-order valence-electron chi connectivity index (χ0n) is 15.8. The van der Waals surface area contributed by atoms with Crippen LogP contribution in [-0.2, 0) is 20.7 Å². The predicted octanol–water partition coefficient (Wildman–Crippen LogP) is 2.04. The van der Waals surface area contributed by atoms with Crippen molar-refractivity contribution in [1.29, 1.82) is 0 Å². The average Bonchev–Trinajstić information content (AvgIpc) is 2.73. The van der Waals surface area contributed by atoms with Crippen LogP contribution in [0.5, 0.6) is 0 Å². The fourth-order valence-electron chi connectivity index (χ4n) is 3.56.